The predicted molar refractivity (Wildman–Crippen MR) is 102 cm³/mol. The third-order valence-corrected chi connectivity index (χ3v) is 4.97. The van der Waals surface area contributed by atoms with E-state index in [1.54, 1.807) is 43.9 Å². The highest BCUT2D eigenvalue weighted by Crippen LogP contribution is 2.28. The maximum absolute atomic E-state index is 12.7. The monoisotopic (exact) mass is 387 g/mol. The first-order valence-electron chi connectivity index (χ1n) is 9.15. The van der Waals surface area contributed by atoms with Gasteiger partial charge in [-0.2, -0.15) is 0 Å². The summed E-state index contributed by atoms with van der Waals surface area (Å²) in [5.41, 5.74) is 1.97. The van der Waals surface area contributed by atoms with Crippen LogP contribution in [0.1, 0.15) is 27.4 Å². The van der Waals surface area contributed by atoms with E-state index in [0.717, 1.165) is 5.56 Å². The number of amides is 2. The highest BCUT2D eigenvalue weighted by molar-refractivity contribution is 5.96. The van der Waals surface area contributed by atoms with Gasteiger partial charge in [0.25, 0.3) is 5.91 Å². The van der Waals surface area contributed by atoms with Crippen molar-refractivity contribution in [1.29, 1.82) is 0 Å². The summed E-state index contributed by atoms with van der Waals surface area (Å²) in [6.07, 6.45) is 0.276. The number of rotatable bonds is 5. The van der Waals surface area contributed by atoms with Crippen LogP contribution in [-0.2, 0) is 11.2 Å². The third-order valence-electron chi connectivity index (χ3n) is 4.97. The minimum Gasteiger partial charge on any atom is -0.493 e. The Bertz CT molecular complexity index is 849. The molecule has 0 atom stereocenters. The topological polar surface area (TPSA) is 85.1 Å². The van der Waals surface area contributed by atoms with Crippen molar-refractivity contribution < 1.29 is 23.6 Å². The Morgan fingerprint density at radius 3 is 2.25 bits per heavy atom. The molecule has 2 aromatic rings. The van der Waals surface area contributed by atoms with Crippen LogP contribution in [-0.4, -0.2) is 67.2 Å². The molecular formula is C20H25N3O5. The number of carbonyl (C=O) groups is 2. The van der Waals surface area contributed by atoms with Gasteiger partial charge in [-0.3, -0.25) is 9.59 Å². The normalized spacial score (nSPS) is 14.1. The van der Waals surface area contributed by atoms with E-state index in [-0.39, 0.29) is 18.2 Å². The average Bonchev–Trinajstić information content (AvgIpc) is 3.05. The van der Waals surface area contributed by atoms with Crippen LogP contribution in [0.4, 0.5) is 0 Å². The van der Waals surface area contributed by atoms with Crippen molar-refractivity contribution in [2.24, 2.45) is 0 Å². The third kappa shape index (κ3) is 3.95. The molecule has 28 heavy (non-hydrogen) atoms. The number of nitrogens with zero attached hydrogens (tertiary/aromatic N) is 3. The zero-order chi connectivity index (χ0) is 20.3. The quantitative estimate of drug-likeness (QED) is 0.778. The Labute approximate surface area is 164 Å². The number of carbonyl (C=O) groups excluding carboxylic acids is 2. The molecule has 150 valence electrons. The van der Waals surface area contributed by atoms with Crippen LogP contribution in [0.5, 0.6) is 11.5 Å². The Morgan fingerprint density at radius 2 is 1.68 bits per heavy atom. The molecule has 1 aromatic carbocycles. The SMILES string of the molecule is COc1ccc(CC(=O)N2CCN(C(=O)c3c(C)noc3C)CC2)cc1OC. The largest absolute Gasteiger partial charge is 0.493 e. The molecule has 1 aromatic heterocycles. The molecule has 0 saturated carbocycles. The maximum Gasteiger partial charge on any atom is 0.259 e. The van der Waals surface area contributed by atoms with E-state index in [1.807, 2.05) is 12.1 Å². The zero-order valence-electron chi connectivity index (χ0n) is 16.7. The van der Waals surface area contributed by atoms with Gasteiger partial charge >= 0.3 is 0 Å². The summed E-state index contributed by atoms with van der Waals surface area (Å²) in [6.45, 7) is 5.46. The molecule has 0 aliphatic carbocycles. The van der Waals surface area contributed by atoms with Gasteiger partial charge in [-0.1, -0.05) is 11.2 Å². The second kappa shape index (κ2) is 8.33. The first-order valence-corrected chi connectivity index (χ1v) is 9.15. The predicted octanol–water partition coefficient (Wildman–Crippen LogP) is 1.84. The van der Waals surface area contributed by atoms with E-state index in [1.165, 1.54) is 0 Å². The zero-order valence-corrected chi connectivity index (χ0v) is 16.7. The lowest BCUT2D eigenvalue weighted by atomic mass is 10.1. The molecule has 0 unspecified atom stereocenters. The van der Waals surface area contributed by atoms with E-state index in [4.69, 9.17) is 14.0 Å². The molecule has 0 radical (unpaired) electrons. The molecule has 8 nitrogen and oxygen atoms in total. The second-order valence-corrected chi connectivity index (χ2v) is 6.74. The van der Waals surface area contributed by atoms with Crippen molar-refractivity contribution in [1.82, 2.24) is 15.0 Å². The van der Waals surface area contributed by atoms with E-state index in [9.17, 15) is 9.59 Å². The second-order valence-electron chi connectivity index (χ2n) is 6.74. The molecule has 2 heterocycles. The molecular weight excluding hydrogens is 362 g/mol. The van der Waals surface area contributed by atoms with Crippen molar-refractivity contribution in [2.45, 2.75) is 20.3 Å². The smallest absolute Gasteiger partial charge is 0.259 e. The van der Waals surface area contributed by atoms with Crippen molar-refractivity contribution in [3.8, 4) is 11.5 Å². The molecule has 1 aliphatic rings. The minimum atomic E-state index is -0.0942. The number of ether oxygens (including phenoxy) is 2. The van der Waals surface area contributed by atoms with Crippen LogP contribution in [0, 0.1) is 13.8 Å². The maximum atomic E-state index is 12.7. The number of aromatic nitrogens is 1. The summed E-state index contributed by atoms with van der Waals surface area (Å²) < 4.78 is 15.6. The van der Waals surface area contributed by atoms with E-state index in [0.29, 0.717) is 54.7 Å². The number of aryl methyl sites for hydroxylation is 2. The first kappa shape index (κ1) is 19.7. The molecule has 0 bridgehead atoms. The first-order chi connectivity index (χ1) is 13.4. The van der Waals surface area contributed by atoms with Gasteiger partial charge in [0.1, 0.15) is 11.3 Å². The lowest BCUT2D eigenvalue weighted by Crippen LogP contribution is -2.51. The average molecular weight is 387 g/mol. The number of methoxy groups -OCH3 is 2. The fourth-order valence-corrected chi connectivity index (χ4v) is 3.38. The summed E-state index contributed by atoms with van der Waals surface area (Å²) in [4.78, 5) is 28.9. The molecule has 8 heteroatoms. The Balaban J connectivity index is 1.59. The van der Waals surface area contributed by atoms with Crippen LogP contribution < -0.4 is 9.47 Å². The number of hydrogen-bond donors (Lipinski definition) is 0. The summed E-state index contributed by atoms with van der Waals surface area (Å²) in [5, 5.41) is 3.84. The highest BCUT2D eigenvalue weighted by Gasteiger charge is 2.28. The molecule has 1 saturated heterocycles. The van der Waals surface area contributed by atoms with Crippen LogP contribution in [0.3, 0.4) is 0 Å². The van der Waals surface area contributed by atoms with Gasteiger partial charge in [0.2, 0.25) is 5.91 Å². The molecule has 3 rings (SSSR count). The van der Waals surface area contributed by atoms with Gasteiger partial charge in [0.15, 0.2) is 11.5 Å². The van der Waals surface area contributed by atoms with Crippen LogP contribution in [0.25, 0.3) is 0 Å². The van der Waals surface area contributed by atoms with Gasteiger partial charge in [0.05, 0.1) is 26.3 Å². The number of hydrogen-bond acceptors (Lipinski definition) is 6. The molecule has 0 N–H and O–H groups in total. The van der Waals surface area contributed by atoms with Gasteiger partial charge < -0.3 is 23.8 Å². The van der Waals surface area contributed by atoms with Crippen LogP contribution in [0.15, 0.2) is 22.7 Å². The highest BCUT2D eigenvalue weighted by atomic mass is 16.5. The standard InChI is InChI=1S/C20H25N3O5/c1-13-19(14(2)28-21-13)20(25)23-9-7-22(8-10-23)18(24)12-15-5-6-16(26-3)17(11-15)27-4/h5-6,11H,7-10,12H2,1-4H3. The van der Waals surface area contributed by atoms with Gasteiger partial charge in [0, 0.05) is 26.2 Å². The van der Waals surface area contributed by atoms with Gasteiger partial charge in [-0.15, -0.1) is 0 Å². The fraction of sp³-hybridized carbons (Fsp3) is 0.450. The van der Waals surface area contributed by atoms with Gasteiger partial charge in [-0.25, -0.2) is 0 Å². The molecule has 1 aliphatic heterocycles. The lowest BCUT2D eigenvalue weighted by Gasteiger charge is -2.34. The van der Waals surface area contributed by atoms with Gasteiger partial charge in [-0.05, 0) is 31.5 Å². The van der Waals surface area contributed by atoms with Crippen molar-refractivity contribution in [2.75, 3.05) is 40.4 Å². The van der Waals surface area contributed by atoms with E-state index >= 15 is 0 Å². The minimum absolute atomic E-state index is 0.0247. The fourth-order valence-electron chi connectivity index (χ4n) is 3.38. The number of benzene rings is 1. The van der Waals surface area contributed by atoms with Crippen molar-refractivity contribution >= 4 is 11.8 Å². The molecule has 1 fully saturated rings. The van der Waals surface area contributed by atoms with Crippen LogP contribution >= 0.6 is 0 Å². The van der Waals surface area contributed by atoms with E-state index in [2.05, 4.69) is 5.16 Å². The Hall–Kier alpha value is -3.03. The molecule has 0 spiro atoms. The Morgan fingerprint density at radius 1 is 1.04 bits per heavy atom. The number of piperazine rings is 1. The molecule has 2 amide bonds. The van der Waals surface area contributed by atoms with Crippen molar-refractivity contribution in [3.63, 3.8) is 0 Å². The Kier molecular flexibility index (Phi) is 5.87. The van der Waals surface area contributed by atoms with Crippen molar-refractivity contribution in [3.05, 3.63) is 40.8 Å². The van der Waals surface area contributed by atoms with E-state index < -0.39 is 0 Å². The summed E-state index contributed by atoms with van der Waals surface area (Å²) in [6, 6.07) is 5.46. The summed E-state index contributed by atoms with van der Waals surface area (Å²) in [5.74, 6) is 1.68. The lowest BCUT2D eigenvalue weighted by molar-refractivity contribution is -0.131. The van der Waals surface area contributed by atoms with Crippen LogP contribution in [0.2, 0.25) is 0 Å². The summed E-state index contributed by atoms with van der Waals surface area (Å²) >= 11 is 0. The summed E-state index contributed by atoms with van der Waals surface area (Å²) in [7, 11) is 3.14.